The van der Waals surface area contributed by atoms with Gasteiger partial charge in [0.1, 0.15) is 11.3 Å². The Balaban J connectivity index is 2.52. The fourth-order valence-corrected chi connectivity index (χ4v) is 1.74. The highest BCUT2D eigenvalue weighted by molar-refractivity contribution is 5.68. The van der Waals surface area contributed by atoms with Crippen molar-refractivity contribution in [2.24, 2.45) is 0 Å². The second-order valence-corrected chi connectivity index (χ2v) is 5.46. The van der Waals surface area contributed by atoms with Crippen LogP contribution in [0.3, 0.4) is 0 Å². The lowest BCUT2D eigenvalue weighted by Gasteiger charge is -2.35. The highest BCUT2D eigenvalue weighted by Gasteiger charge is 2.35. The van der Waals surface area contributed by atoms with Crippen LogP contribution < -0.4 is 0 Å². The van der Waals surface area contributed by atoms with Gasteiger partial charge in [-0.15, -0.1) is 0 Å². The number of amides is 1. The van der Waals surface area contributed by atoms with E-state index in [1.54, 1.807) is 26.8 Å². The van der Waals surface area contributed by atoms with Gasteiger partial charge in [-0.25, -0.2) is 9.18 Å². The molecule has 1 amide bonds. The molecule has 18 heavy (non-hydrogen) atoms. The fourth-order valence-electron chi connectivity index (χ4n) is 1.74. The summed E-state index contributed by atoms with van der Waals surface area (Å²) in [6.07, 6.45) is 2.42. The number of piperidine rings is 1. The average molecular weight is 254 g/mol. The molecule has 1 heterocycles. The molecule has 0 unspecified atom stereocenters. The van der Waals surface area contributed by atoms with Crippen molar-refractivity contribution in [2.75, 3.05) is 13.1 Å². The first-order valence-electron chi connectivity index (χ1n) is 6.00. The number of carbonyl (C=O) groups is 1. The molecule has 4 nitrogen and oxygen atoms in total. The zero-order chi connectivity index (χ0) is 13.8. The Labute approximate surface area is 107 Å². The molecule has 0 aromatic rings. The van der Waals surface area contributed by atoms with Gasteiger partial charge in [-0.2, -0.15) is 5.26 Å². The molecule has 0 N–H and O–H groups in total. The SMILES string of the molecule is CC(C)(C)OC(=O)N1CCC(F)(/C=C/C#N)CC1. The van der Waals surface area contributed by atoms with Gasteiger partial charge in [0, 0.05) is 32.0 Å². The topological polar surface area (TPSA) is 53.3 Å². The van der Waals surface area contributed by atoms with Gasteiger partial charge in [-0.1, -0.05) is 0 Å². The number of halogens is 1. The molecule has 0 aromatic carbocycles. The van der Waals surface area contributed by atoms with Gasteiger partial charge in [-0.05, 0) is 26.8 Å². The second kappa shape index (κ2) is 5.38. The van der Waals surface area contributed by atoms with E-state index in [-0.39, 0.29) is 12.8 Å². The minimum absolute atomic E-state index is 0.199. The molecular weight excluding hydrogens is 235 g/mol. The Morgan fingerprint density at radius 3 is 2.44 bits per heavy atom. The Morgan fingerprint density at radius 1 is 1.44 bits per heavy atom. The van der Waals surface area contributed by atoms with Crippen LogP contribution in [-0.2, 0) is 4.74 Å². The molecule has 0 bridgehead atoms. The number of allylic oxidation sites excluding steroid dienone is 2. The van der Waals surface area contributed by atoms with Gasteiger partial charge in [0.15, 0.2) is 0 Å². The summed E-state index contributed by atoms with van der Waals surface area (Å²) in [5.41, 5.74) is -2.02. The van der Waals surface area contributed by atoms with Crippen LogP contribution in [0.15, 0.2) is 12.2 Å². The van der Waals surface area contributed by atoms with Gasteiger partial charge in [-0.3, -0.25) is 0 Å². The first-order chi connectivity index (χ1) is 8.26. The summed E-state index contributed by atoms with van der Waals surface area (Å²) in [7, 11) is 0. The summed E-state index contributed by atoms with van der Waals surface area (Å²) >= 11 is 0. The number of carbonyl (C=O) groups excluding carboxylic acids is 1. The molecule has 1 saturated heterocycles. The number of rotatable bonds is 1. The number of nitriles is 1. The van der Waals surface area contributed by atoms with Gasteiger partial charge in [0.05, 0.1) is 6.07 Å². The van der Waals surface area contributed by atoms with E-state index in [1.165, 1.54) is 11.0 Å². The van der Waals surface area contributed by atoms with Crippen LogP contribution in [0.2, 0.25) is 0 Å². The van der Waals surface area contributed by atoms with Crippen LogP contribution in [0.4, 0.5) is 9.18 Å². The van der Waals surface area contributed by atoms with E-state index in [9.17, 15) is 9.18 Å². The molecule has 1 fully saturated rings. The molecule has 1 aliphatic heterocycles. The van der Waals surface area contributed by atoms with Crippen LogP contribution in [-0.4, -0.2) is 35.4 Å². The Kier molecular flexibility index (Phi) is 4.33. The van der Waals surface area contributed by atoms with Crippen molar-refractivity contribution < 1.29 is 13.9 Å². The van der Waals surface area contributed by atoms with Crippen molar-refractivity contribution in [3.63, 3.8) is 0 Å². The zero-order valence-corrected chi connectivity index (χ0v) is 11.1. The van der Waals surface area contributed by atoms with E-state index in [0.29, 0.717) is 13.1 Å². The smallest absolute Gasteiger partial charge is 0.410 e. The lowest BCUT2D eigenvalue weighted by Crippen LogP contribution is -2.45. The zero-order valence-electron chi connectivity index (χ0n) is 11.1. The van der Waals surface area contributed by atoms with E-state index < -0.39 is 17.4 Å². The molecule has 0 spiro atoms. The highest BCUT2D eigenvalue weighted by Crippen LogP contribution is 2.28. The van der Waals surface area contributed by atoms with Crippen LogP contribution in [0, 0.1) is 11.3 Å². The van der Waals surface area contributed by atoms with E-state index >= 15 is 0 Å². The molecular formula is C13H19FN2O2. The third kappa shape index (κ3) is 4.36. The quantitative estimate of drug-likeness (QED) is 0.676. The number of hydrogen-bond acceptors (Lipinski definition) is 3. The lowest BCUT2D eigenvalue weighted by molar-refractivity contribution is 0.0107. The Bertz CT molecular complexity index is 371. The van der Waals surface area contributed by atoms with Crippen LogP contribution >= 0.6 is 0 Å². The van der Waals surface area contributed by atoms with Crippen molar-refractivity contribution in [3.05, 3.63) is 12.2 Å². The monoisotopic (exact) mass is 254 g/mol. The lowest BCUT2D eigenvalue weighted by atomic mass is 9.93. The van der Waals surface area contributed by atoms with Crippen LogP contribution in [0.1, 0.15) is 33.6 Å². The summed E-state index contributed by atoms with van der Waals surface area (Å²) in [5, 5.41) is 8.39. The average Bonchev–Trinajstić information content (AvgIpc) is 2.25. The first kappa shape index (κ1) is 14.5. The van der Waals surface area contributed by atoms with E-state index in [2.05, 4.69) is 0 Å². The first-order valence-corrected chi connectivity index (χ1v) is 6.00. The molecule has 0 saturated carbocycles. The summed E-state index contributed by atoms with van der Waals surface area (Å²) in [6, 6.07) is 1.78. The summed E-state index contributed by atoms with van der Waals surface area (Å²) in [5.74, 6) is 0. The van der Waals surface area contributed by atoms with Gasteiger partial charge in [0.25, 0.3) is 0 Å². The number of nitrogens with zero attached hydrogens (tertiary/aromatic N) is 2. The van der Waals surface area contributed by atoms with E-state index in [1.807, 2.05) is 0 Å². The minimum Gasteiger partial charge on any atom is -0.444 e. The molecule has 1 rings (SSSR count). The normalized spacial score (nSPS) is 19.6. The molecule has 1 aliphatic rings. The van der Waals surface area contributed by atoms with Crippen molar-refractivity contribution in [3.8, 4) is 6.07 Å². The predicted molar refractivity (Wildman–Crippen MR) is 65.6 cm³/mol. The maximum atomic E-state index is 14.1. The molecule has 100 valence electrons. The third-order valence-electron chi connectivity index (χ3n) is 2.70. The second-order valence-electron chi connectivity index (χ2n) is 5.46. The predicted octanol–water partition coefficient (Wildman–Crippen LogP) is 2.81. The van der Waals surface area contributed by atoms with Crippen LogP contribution in [0.25, 0.3) is 0 Å². The largest absolute Gasteiger partial charge is 0.444 e. The molecule has 0 atom stereocenters. The number of likely N-dealkylation sites (tertiary alicyclic amines) is 1. The van der Waals surface area contributed by atoms with E-state index in [4.69, 9.17) is 10.00 Å². The van der Waals surface area contributed by atoms with Gasteiger partial charge >= 0.3 is 6.09 Å². The number of alkyl halides is 1. The molecule has 0 aliphatic carbocycles. The van der Waals surface area contributed by atoms with E-state index in [0.717, 1.165) is 6.08 Å². The summed E-state index contributed by atoms with van der Waals surface area (Å²) in [6.45, 7) is 6.00. The standard InChI is InChI=1S/C13H19FN2O2/c1-12(2,3)18-11(17)16-9-6-13(14,7-10-16)5-4-8-15/h4-5H,6-7,9-10H2,1-3H3/b5-4+. The van der Waals surface area contributed by atoms with Crippen LogP contribution in [0.5, 0.6) is 0 Å². The maximum absolute atomic E-state index is 14.1. The Morgan fingerprint density at radius 2 is 2.00 bits per heavy atom. The van der Waals surface area contributed by atoms with Crippen molar-refractivity contribution >= 4 is 6.09 Å². The minimum atomic E-state index is -1.48. The molecule has 0 aromatic heterocycles. The highest BCUT2D eigenvalue weighted by atomic mass is 19.1. The molecule has 5 heteroatoms. The molecule has 0 radical (unpaired) electrons. The maximum Gasteiger partial charge on any atom is 0.410 e. The van der Waals surface area contributed by atoms with Crippen molar-refractivity contribution in [1.29, 1.82) is 5.26 Å². The van der Waals surface area contributed by atoms with Gasteiger partial charge in [0.2, 0.25) is 0 Å². The number of hydrogen-bond donors (Lipinski definition) is 0. The van der Waals surface area contributed by atoms with Crippen molar-refractivity contribution in [1.82, 2.24) is 4.90 Å². The Hall–Kier alpha value is -1.57. The third-order valence-corrected chi connectivity index (χ3v) is 2.70. The van der Waals surface area contributed by atoms with Gasteiger partial charge < -0.3 is 9.64 Å². The fraction of sp³-hybridized carbons (Fsp3) is 0.692. The number of ether oxygens (including phenoxy) is 1. The summed E-state index contributed by atoms with van der Waals surface area (Å²) < 4.78 is 19.3. The summed E-state index contributed by atoms with van der Waals surface area (Å²) in [4.78, 5) is 13.3. The van der Waals surface area contributed by atoms with Crippen molar-refractivity contribution in [2.45, 2.75) is 44.9 Å².